The molecule has 1 aromatic rings. The van der Waals surface area contributed by atoms with Crippen molar-refractivity contribution in [1.82, 2.24) is 4.90 Å². The minimum atomic E-state index is -0.291. The number of esters is 1. The van der Waals surface area contributed by atoms with E-state index in [2.05, 4.69) is 18.7 Å². The van der Waals surface area contributed by atoms with Crippen molar-refractivity contribution in [3.8, 4) is 11.5 Å². The highest BCUT2D eigenvalue weighted by Gasteiger charge is 2.15. The van der Waals surface area contributed by atoms with Crippen LogP contribution in [0.25, 0.3) is 0 Å². The monoisotopic (exact) mass is 341 g/mol. The molecule has 0 spiro atoms. The van der Waals surface area contributed by atoms with E-state index < -0.39 is 0 Å². The first-order valence-corrected chi connectivity index (χ1v) is 8.15. The van der Waals surface area contributed by atoms with Crippen molar-refractivity contribution < 1.29 is 14.3 Å². The second-order valence-corrected chi connectivity index (χ2v) is 6.30. The van der Waals surface area contributed by atoms with Crippen LogP contribution in [0.5, 0.6) is 11.5 Å². The van der Waals surface area contributed by atoms with Crippen molar-refractivity contribution in [1.29, 1.82) is 0 Å². The first kappa shape index (κ1) is 19.8. The predicted octanol–water partition coefficient (Wildman–Crippen LogP) is 3.94. The summed E-state index contributed by atoms with van der Waals surface area (Å²) in [5.41, 5.74) is 2.01. The molecule has 0 saturated carbocycles. The van der Waals surface area contributed by atoms with Crippen LogP contribution in [0.3, 0.4) is 0 Å². The Hall–Kier alpha value is -1.26. The van der Waals surface area contributed by atoms with E-state index >= 15 is 0 Å². The number of carbonyl (C=O) groups is 1. The van der Waals surface area contributed by atoms with E-state index in [9.17, 15) is 4.79 Å². The molecule has 0 N–H and O–H groups in total. The number of likely N-dealkylation sites (tertiary alicyclic amines) is 1. The molecule has 5 heteroatoms. The standard InChI is InChI=1S/C18H27NO3.ClH/c1-13(2)16-12-17(22-15(4)20)14(3)11-18(16)21-10-9-19-7-5-6-8-19;/h11-13H,5-10H2,1-4H3;1H. The molecule has 0 bridgehead atoms. The van der Waals surface area contributed by atoms with E-state index in [0.29, 0.717) is 18.3 Å². The van der Waals surface area contributed by atoms with Crippen molar-refractivity contribution in [2.45, 2.75) is 46.5 Å². The number of carbonyl (C=O) groups excluding carboxylic acids is 1. The highest BCUT2D eigenvalue weighted by molar-refractivity contribution is 5.85. The van der Waals surface area contributed by atoms with Gasteiger partial charge in [-0.2, -0.15) is 0 Å². The van der Waals surface area contributed by atoms with Crippen LogP contribution in [0.4, 0.5) is 0 Å². The number of aryl methyl sites for hydroxylation is 1. The van der Waals surface area contributed by atoms with E-state index in [1.54, 1.807) is 0 Å². The first-order valence-electron chi connectivity index (χ1n) is 8.15. The molecule has 130 valence electrons. The Morgan fingerprint density at radius 2 is 1.87 bits per heavy atom. The Balaban J connectivity index is 0.00000264. The number of hydrogen-bond acceptors (Lipinski definition) is 4. The Morgan fingerprint density at radius 3 is 2.43 bits per heavy atom. The zero-order valence-electron chi connectivity index (χ0n) is 14.6. The van der Waals surface area contributed by atoms with Crippen molar-refractivity contribution in [3.05, 3.63) is 23.3 Å². The normalized spacial score (nSPS) is 14.7. The molecule has 1 heterocycles. The topological polar surface area (TPSA) is 38.8 Å². The molecule has 1 aromatic carbocycles. The highest BCUT2D eigenvalue weighted by Crippen LogP contribution is 2.33. The minimum absolute atomic E-state index is 0. The molecule has 0 aromatic heterocycles. The van der Waals surface area contributed by atoms with Crippen molar-refractivity contribution in [3.63, 3.8) is 0 Å². The van der Waals surface area contributed by atoms with Crippen LogP contribution in [-0.2, 0) is 4.79 Å². The summed E-state index contributed by atoms with van der Waals surface area (Å²) in [7, 11) is 0. The maximum absolute atomic E-state index is 11.2. The SMILES string of the molecule is CC(=O)Oc1cc(C(C)C)c(OCCN2CCCC2)cc1C.Cl. The lowest BCUT2D eigenvalue weighted by molar-refractivity contribution is -0.131. The average molecular weight is 342 g/mol. The Morgan fingerprint density at radius 1 is 1.22 bits per heavy atom. The van der Waals surface area contributed by atoms with Gasteiger partial charge in [-0.1, -0.05) is 13.8 Å². The lowest BCUT2D eigenvalue weighted by Crippen LogP contribution is -2.25. The summed E-state index contributed by atoms with van der Waals surface area (Å²) in [6.45, 7) is 11.7. The molecule has 1 saturated heterocycles. The zero-order valence-corrected chi connectivity index (χ0v) is 15.4. The summed E-state index contributed by atoms with van der Waals surface area (Å²) in [5.74, 6) is 1.56. The molecule has 0 amide bonds. The van der Waals surface area contributed by atoms with Crippen LogP contribution < -0.4 is 9.47 Å². The van der Waals surface area contributed by atoms with Crippen molar-refractivity contribution >= 4 is 18.4 Å². The van der Waals surface area contributed by atoms with Gasteiger partial charge in [-0.3, -0.25) is 9.69 Å². The average Bonchev–Trinajstić information content (AvgIpc) is 2.94. The molecule has 23 heavy (non-hydrogen) atoms. The molecule has 1 aliphatic rings. The van der Waals surface area contributed by atoms with Gasteiger partial charge >= 0.3 is 5.97 Å². The quantitative estimate of drug-likeness (QED) is 0.580. The van der Waals surface area contributed by atoms with Crippen LogP contribution in [0.15, 0.2) is 12.1 Å². The molecule has 0 atom stereocenters. The van der Waals surface area contributed by atoms with E-state index in [1.807, 2.05) is 19.1 Å². The third-order valence-corrected chi connectivity index (χ3v) is 4.05. The lowest BCUT2D eigenvalue weighted by Gasteiger charge is -2.19. The van der Waals surface area contributed by atoms with Gasteiger partial charge in [0, 0.05) is 19.0 Å². The third-order valence-electron chi connectivity index (χ3n) is 4.05. The van der Waals surface area contributed by atoms with Gasteiger partial charge in [0.15, 0.2) is 0 Å². The molecule has 1 aliphatic heterocycles. The van der Waals surface area contributed by atoms with E-state index in [4.69, 9.17) is 9.47 Å². The zero-order chi connectivity index (χ0) is 16.1. The van der Waals surface area contributed by atoms with Gasteiger partial charge in [0.2, 0.25) is 0 Å². The summed E-state index contributed by atoms with van der Waals surface area (Å²) in [6, 6.07) is 3.92. The van der Waals surface area contributed by atoms with Gasteiger partial charge in [0.25, 0.3) is 0 Å². The number of hydrogen-bond donors (Lipinski definition) is 0. The fourth-order valence-corrected chi connectivity index (χ4v) is 2.81. The van der Waals surface area contributed by atoms with Gasteiger partial charge in [0.05, 0.1) is 0 Å². The largest absolute Gasteiger partial charge is 0.492 e. The summed E-state index contributed by atoms with van der Waals surface area (Å²) in [5, 5.41) is 0. The van der Waals surface area contributed by atoms with E-state index in [1.165, 1.54) is 32.9 Å². The smallest absolute Gasteiger partial charge is 0.308 e. The molecule has 1 fully saturated rings. The number of nitrogens with zero attached hydrogens (tertiary/aromatic N) is 1. The van der Waals surface area contributed by atoms with Gasteiger partial charge < -0.3 is 9.47 Å². The minimum Gasteiger partial charge on any atom is -0.492 e. The van der Waals surface area contributed by atoms with E-state index in [-0.39, 0.29) is 18.4 Å². The Bertz CT molecular complexity index is 525. The summed E-state index contributed by atoms with van der Waals surface area (Å²) < 4.78 is 11.3. The van der Waals surface area contributed by atoms with Gasteiger partial charge in [-0.15, -0.1) is 12.4 Å². The molecule has 0 aliphatic carbocycles. The van der Waals surface area contributed by atoms with Gasteiger partial charge in [-0.05, 0) is 56.5 Å². The fourth-order valence-electron chi connectivity index (χ4n) is 2.81. The molecular weight excluding hydrogens is 314 g/mol. The summed E-state index contributed by atoms with van der Waals surface area (Å²) in [6.07, 6.45) is 2.60. The van der Waals surface area contributed by atoms with E-state index in [0.717, 1.165) is 23.4 Å². The molecule has 0 unspecified atom stereocenters. The fraction of sp³-hybridized carbons (Fsp3) is 0.611. The van der Waals surface area contributed by atoms with Crippen LogP contribution in [-0.4, -0.2) is 37.1 Å². The van der Waals surface area contributed by atoms with Crippen LogP contribution in [0.2, 0.25) is 0 Å². The Labute approximate surface area is 145 Å². The maximum Gasteiger partial charge on any atom is 0.308 e. The van der Waals surface area contributed by atoms with Crippen LogP contribution in [0.1, 0.15) is 50.7 Å². The number of halogens is 1. The second-order valence-electron chi connectivity index (χ2n) is 6.30. The lowest BCUT2D eigenvalue weighted by atomic mass is 10.00. The van der Waals surface area contributed by atoms with Gasteiger partial charge in [-0.25, -0.2) is 0 Å². The molecular formula is C18H28ClNO3. The number of ether oxygens (including phenoxy) is 2. The Kier molecular flexibility index (Phi) is 7.86. The summed E-state index contributed by atoms with van der Waals surface area (Å²) >= 11 is 0. The van der Waals surface area contributed by atoms with Gasteiger partial charge in [0.1, 0.15) is 18.1 Å². The highest BCUT2D eigenvalue weighted by atomic mass is 35.5. The van der Waals surface area contributed by atoms with Crippen molar-refractivity contribution in [2.75, 3.05) is 26.2 Å². The third kappa shape index (κ3) is 5.70. The predicted molar refractivity (Wildman–Crippen MR) is 95.0 cm³/mol. The van der Waals surface area contributed by atoms with Crippen molar-refractivity contribution in [2.24, 2.45) is 0 Å². The molecule has 4 nitrogen and oxygen atoms in total. The second kappa shape index (κ2) is 9.14. The maximum atomic E-state index is 11.2. The number of rotatable bonds is 6. The number of benzene rings is 1. The summed E-state index contributed by atoms with van der Waals surface area (Å²) in [4.78, 5) is 13.6. The van der Waals surface area contributed by atoms with Crippen LogP contribution in [0, 0.1) is 6.92 Å². The molecule has 0 radical (unpaired) electrons. The molecule has 2 rings (SSSR count). The van der Waals surface area contributed by atoms with Crippen LogP contribution >= 0.6 is 12.4 Å². The first-order chi connectivity index (χ1) is 10.5.